The summed E-state index contributed by atoms with van der Waals surface area (Å²) in [5.41, 5.74) is 0.800. The predicted molar refractivity (Wildman–Crippen MR) is 52.7 cm³/mol. The van der Waals surface area contributed by atoms with Crippen molar-refractivity contribution in [3.63, 3.8) is 0 Å². The van der Waals surface area contributed by atoms with Crippen LogP contribution in [-0.2, 0) is 14.3 Å². The van der Waals surface area contributed by atoms with Gasteiger partial charge in [0.05, 0.1) is 7.11 Å². The van der Waals surface area contributed by atoms with Gasteiger partial charge in [0.25, 0.3) is 0 Å². The molecule has 0 aliphatic heterocycles. The van der Waals surface area contributed by atoms with Crippen LogP contribution in [0.5, 0.6) is 0 Å². The lowest BCUT2D eigenvalue weighted by Gasteiger charge is -2.14. The van der Waals surface area contributed by atoms with E-state index in [0.717, 1.165) is 31.3 Å². The SMILES string of the molecule is COC(=O)C(C)C(=O)C1=CCCCC1. The molecule has 0 saturated carbocycles. The molecular formula is C11H16O3. The molecule has 1 rings (SSSR count). The number of Topliss-reactive ketones (excluding diaryl/α,β-unsaturated/α-hetero) is 1. The van der Waals surface area contributed by atoms with E-state index in [9.17, 15) is 9.59 Å². The Labute approximate surface area is 84.1 Å². The molecule has 0 fully saturated rings. The first-order valence-electron chi connectivity index (χ1n) is 4.98. The Hall–Kier alpha value is -1.12. The first-order chi connectivity index (χ1) is 6.66. The first kappa shape index (κ1) is 11.0. The number of allylic oxidation sites excluding steroid dienone is 2. The van der Waals surface area contributed by atoms with Crippen LogP contribution in [0.1, 0.15) is 32.6 Å². The molecule has 0 amide bonds. The summed E-state index contributed by atoms with van der Waals surface area (Å²) >= 11 is 0. The molecule has 0 heterocycles. The zero-order valence-electron chi connectivity index (χ0n) is 8.71. The molecule has 1 aliphatic carbocycles. The van der Waals surface area contributed by atoms with Crippen molar-refractivity contribution in [1.29, 1.82) is 0 Å². The second kappa shape index (κ2) is 4.94. The standard InChI is InChI=1S/C11H16O3/c1-8(11(13)14-2)10(12)9-6-4-3-5-7-9/h6,8H,3-5,7H2,1-2H3. The Kier molecular flexibility index (Phi) is 3.86. The highest BCUT2D eigenvalue weighted by Gasteiger charge is 2.25. The van der Waals surface area contributed by atoms with Crippen LogP contribution in [0, 0.1) is 5.92 Å². The summed E-state index contributed by atoms with van der Waals surface area (Å²) in [6.45, 7) is 1.60. The van der Waals surface area contributed by atoms with E-state index >= 15 is 0 Å². The van der Waals surface area contributed by atoms with Crippen LogP contribution in [0.2, 0.25) is 0 Å². The van der Waals surface area contributed by atoms with E-state index in [1.165, 1.54) is 7.11 Å². The predicted octanol–water partition coefficient (Wildman–Crippen LogP) is 1.86. The van der Waals surface area contributed by atoms with E-state index in [1.54, 1.807) is 6.92 Å². The van der Waals surface area contributed by atoms with E-state index in [-0.39, 0.29) is 5.78 Å². The summed E-state index contributed by atoms with van der Waals surface area (Å²) < 4.78 is 4.54. The van der Waals surface area contributed by atoms with Crippen LogP contribution in [-0.4, -0.2) is 18.9 Å². The van der Waals surface area contributed by atoms with Gasteiger partial charge >= 0.3 is 5.97 Å². The molecule has 1 aliphatic rings. The quantitative estimate of drug-likeness (QED) is 0.511. The molecule has 0 saturated heterocycles. The number of carbonyl (C=O) groups is 2. The van der Waals surface area contributed by atoms with E-state index < -0.39 is 11.9 Å². The van der Waals surface area contributed by atoms with Gasteiger partial charge in [0.1, 0.15) is 5.92 Å². The van der Waals surface area contributed by atoms with E-state index in [4.69, 9.17) is 0 Å². The summed E-state index contributed by atoms with van der Waals surface area (Å²) in [5, 5.41) is 0. The summed E-state index contributed by atoms with van der Waals surface area (Å²) in [6.07, 6.45) is 5.90. The van der Waals surface area contributed by atoms with Crippen LogP contribution >= 0.6 is 0 Å². The van der Waals surface area contributed by atoms with Crippen LogP contribution < -0.4 is 0 Å². The molecule has 1 atom stereocenters. The lowest BCUT2D eigenvalue weighted by Crippen LogP contribution is -2.24. The maximum absolute atomic E-state index is 11.7. The molecule has 0 aromatic heterocycles. The highest BCUT2D eigenvalue weighted by atomic mass is 16.5. The number of hydrogen-bond acceptors (Lipinski definition) is 3. The average molecular weight is 196 g/mol. The van der Waals surface area contributed by atoms with Crippen molar-refractivity contribution in [2.24, 2.45) is 5.92 Å². The van der Waals surface area contributed by atoms with Crippen LogP contribution in [0.4, 0.5) is 0 Å². The second-order valence-corrected chi connectivity index (χ2v) is 3.58. The Morgan fingerprint density at radius 2 is 2.14 bits per heavy atom. The largest absolute Gasteiger partial charge is 0.468 e. The van der Waals surface area contributed by atoms with E-state index in [2.05, 4.69) is 4.74 Å². The van der Waals surface area contributed by atoms with Gasteiger partial charge in [-0.25, -0.2) is 0 Å². The Morgan fingerprint density at radius 3 is 2.64 bits per heavy atom. The highest BCUT2D eigenvalue weighted by molar-refractivity contribution is 6.07. The van der Waals surface area contributed by atoms with Crippen molar-refractivity contribution in [3.8, 4) is 0 Å². The third-order valence-corrected chi connectivity index (χ3v) is 2.56. The van der Waals surface area contributed by atoms with Gasteiger partial charge in [0.15, 0.2) is 5.78 Å². The fourth-order valence-electron chi connectivity index (χ4n) is 1.62. The Bertz CT molecular complexity index is 266. The fraction of sp³-hybridized carbons (Fsp3) is 0.636. The van der Waals surface area contributed by atoms with Crippen molar-refractivity contribution >= 4 is 11.8 Å². The molecule has 0 N–H and O–H groups in total. The van der Waals surface area contributed by atoms with Gasteiger partial charge in [-0.15, -0.1) is 0 Å². The van der Waals surface area contributed by atoms with Gasteiger partial charge < -0.3 is 4.74 Å². The van der Waals surface area contributed by atoms with Crippen LogP contribution in [0.25, 0.3) is 0 Å². The molecule has 3 heteroatoms. The minimum Gasteiger partial charge on any atom is -0.468 e. The zero-order valence-corrected chi connectivity index (χ0v) is 8.71. The highest BCUT2D eigenvalue weighted by Crippen LogP contribution is 2.21. The van der Waals surface area contributed by atoms with Crippen LogP contribution in [0.3, 0.4) is 0 Å². The number of esters is 1. The van der Waals surface area contributed by atoms with E-state index in [1.807, 2.05) is 6.08 Å². The van der Waals surface area contributed by atoms with Gasteiger partial charge in [0, 0.05) is 0 Å². The normalized spacial score (nSPS) is 18.3. The minimum absolute atomic E-state index is 0.0726. The lowest BCUT2D eigenvalue weighted by atomic mass is 9.91. The molecule has 0 bridgehead atoms. The minimum atomic E-state index is -0.649. The molecule has 0 spiro atoms. The number of hydrogen-bond donors (Lipinski definition) is 0. The van der Waals surface area contributed by atoms with Crippen molar-refractivity contribution in [3.05, 3.63) is 11.6 Å². The number of ketones is 1. The maximum Gasteiger partial charge on any atom is 0.316 e. The van der Waals surface area contributed by atoms with Gasteiger partial charge in [0.2, 0.25) is 0 Å². The van der Waals surface area contributed by atoms with Gasteiger partial charge in [-0.3, -0.25) is 9.59 Å². The number of ether oxygens (including phenoxy) is 1. The molecule has 78 valence electrons. The molecular weight excluding hydrogens is 180 g/mol. The number of rotatable bonds is 3. The monoisotopic (exact) mass is 196 g/mol. The topological polar surface area (TPSA) is 43.4 Å². The number of methoxy groups -OCH3 is 1. The van der Waals surface area contributed by atoms with Crippen molar-refractivity contribution in [2.75, 3.05) is 7.11 Å². The third kappa shape index (κ3) is 2.44. The summed E-state index contributed by atoms with van der Waals surface area (Å²) in [4.78, 5) is 22.9. The maximum atomic E-state index is 11.7. The lowest BCUT2D eigenvalue weighted by molar-refractivity contribution is -0.147. The molecule has 14 heavy (non-hydrogen) atoms. The third-order valence-electron chi connectivity index (χ3n) is 2.56. The first-order valence-corrected chi connectivity index (χ1v) is 4.98. The van der Waals surface area contributed by atoms with Gasteiger partial charge in [-0.1, -0.05) is 6.08 Å². The van der Waals surface area contributed by atoms with Crippen molar-refractivity contribution in [2.45, 2.75) is 32.6 Å². The van der Waals surface area contributed by atoms with Gasteiger partial charge in [-0.05, 0) is 38.2 Å². The molecule has 0 radical (unpaired) electrons. The van der Waals surface area contributed by atoms with Gasteiger partial charge in [-0.2, -0.15) is 0 Å². The fourth-order valence-corrected chi connectivity index (χ4v) is 1.62. The average Bonchev–Trinajstić information content (AvgIpc) is 2.27. The molecule has 0 aromatic rings. The molecule has 0 aromatic carbocycles. The van der Waals surface area contributed by atoms with Crippen molar-refractivity contribution in [1.82, 2.24) is 0 Å². The zero-order chi connectivity index (χ0) is 10.6. The van der Waals surface area contributed by atoms with Crippen molar-refractivity contribution < 1.29 is 14.3 Å². The summed E-state index contributed by atoms with van der Waals surface area (Å²) in [5.74, 6) is -1.16. The molecule has 3 nitrogen and oxygen atoms in total. The second-order valence-electron chi connectivity index (χ2n) is 3.58. The Morgan fingerprint density at radius 1 is 1.43 bits per heavy atom. The van der Waals surface area contributed by atoms with Crippen LogP contribution in [0.15, 0.2) is 11.6 Å². The molecule has 1 unspecified atom stereocenters. The Balaban J connectivity index is 2.64. The number of carbonyl (C=O) groups excluding carboxylic acids is 2. The summed E-state index contributed by atoms with van der Waals surface area (Å²) in [6, 6.07) is 0. The smallest absolute Gasteiger partial charge is 0.316 e. The summed E-state index contributed by atoms with van der Waals surface area (Å²) in [7, 11) is 1.31. The van der Waals surface area contributed by atoms with E-state index in [0.29, 0.717) is 0 Å².